The molecule has 6 nitrogen and oxygen atoms in total. The van der Waals surface area contributed by atoms with Gasteiger partial charge in [0.2, 0.25) is 0 Å². The van der Waals surface area contributed by atoms with Gasteiger partial charge in [-0.2, -0.15) is 0 Å². The van der Waals surface area contributed by atoms with Crippen molar-refractivity contribution in [1.82, 2.24) is 4.90 Å². The standard InChI is InChI=1S/C16H21NO5/c1-2-21-16(20)12-7-9-17(10-8-12)15(19)11-22-14-6-4-3-5-13(14)18/h3-6,12,18H,2,7-11H2,1H3. The summed E-state index contributed by atoms with van der Waals surface area (Å²) < 4.78 is 10.3. The molecule has 1 aromatic carbocycles. The molecular weight excluding hydrogens is 286 g/mol. The summed E-state index contributed by atoms with van der Waals surface area (Å²) in [5, 5.41) is 9.58. The number of ether oxygens (including phenoxy) is 2. The number of phenols is 1. The third-order valence-corrected chi connectivity index (χ3v) is 3.68. The van der Waals surface area contributed by atoms with E-state index in [4.69, 9.17) is 9.47 Å². The molecule has 0 atom stereocenters. The molecule has 2 rings (SSSR count). The number of carbonyl (C=O) groups excluding carboxylic acids is 2. The number of hydrogen-bond donors (Lipinski definition) is 1. The summed E-state index contributed by atoms with van der Waals surface area (Å²) in [4.78, 5) is 25.4. The molecule has 6 heteroatoms. The Bertz CT molecular complexity index is 523. The highest BCUT2D eigenvalue weighted by Gasteiger charge is 2.28. The summed E-state index contributed by atoms with van der Waals surface area (Å²) in [7, 11) is 0. The fourth-order valence-corrected chi connectivity index (χ4v) is 2.43. The van der Waals surface area contributed by atoms with Crippen LogP contribution in [0.1, 0.15) is 19.8 Å². The number of rotatable bonds is 5. The van der Waals surface area contributed by atoms with E-state index in [0.29, 0.717) is 32.5 Å². The van der Waals surface area contributed by atoms with Crippen LogP contribution in [0.25, 0.3) is 0 Å². The number of phenolic OH excluding ortho intramolecular Hbond substituents is 1. The van der Waals surface area contributed by atoms with Crippen molar-refractivity contribution in [2.75, 3.05) is 26.3 Å². The molecule has 22 heavy (non-hydrogen) atoms. The smallest absolute Gasteiger partial charge is 0.309 e. The summed E-state index contributed by atoms with van der Waals surface area (Å²) >= 11 is 0. The van der Waals surface area contributed by atoms with Crippen molar-refractivity contribution in [2.45, 2.75) is 19.8 Å². The number of likely N-dealkylation sites (tertiary alicyclic amines) is 1. The van der Waals surface area contributed by atoms with E-state index >= 15 is 0 Å². The number of esters is 1. The Hall–Kier alpha value is -2.24. The Morgan fingerprint density at radius 3 is 2.59 bits per heavy atom. The zero-order chi connectivity index (χ0) is 15.9. The first-order chi connectivity index (χ1) is 10.6. The molecule has 0 bridgehead atoms. The molecular formula is C16H21NO5. The average Bonchev–Trinajstić information content (AvgIpc) is 2.54. The second-order valence-electron chi connectivity index (χ2n) is 5.16. The average molecular weight is 307 g/mol. The molecule has 1 aliphatic rings. The number of carbonyl (C=O) groups is 2. The zero-order valence-corrected chi connectivity index (χ0v) is 12.7. The lowest BCUT2D eigenvalue weighted by Gasteiger charge is -2.30. The third-order valence-electron chi connectivity index (χ3n) is 3.68. The van der Waals surface area contributed by atoms with Crippen molar-refractivity contribution in [2.24, 2.45) is 5.92 Å². The minimum atomic E-state index is -0.181. The topological polar surface area (TPSA) is 76.1 Å². The number of hydrogen-bond acceptors (Lipinski definition) is 5. The Balaban J connectivity index is 1.78. The van der Waals surface area contributed by atoms with Gasteiger partial charge in [0, 0.05) is 13.1 Å². The molecule has 0 unspecified atom stereocenters. The highest BCUT2D eigenvalue weighted by molar-refractivity contribution is 5.78. The van der Waals surface area contributed by atoms with Crippen LogP contribution >= 0.6 is 0 Å². The zero-order valence-electron chi connectivity index (χ0n) is 12.7. The van der Waals surface area contributed by atoms with E-state index in [0.717, 1.165) is 0 Å². The van der Waals surface area contributed by atoms with E-state index in [-0.39, 0.29) is 35.9 Å². The predicted octanol–water partition coefficient (Wildman–Crippen LogP) is 1.57. The van der Waals surface area contributed by atoms with Crippen molar-refractivity contribution < 1.29 is 24.2 Å². The maximum Gasteiger partial charge on any atom is 0.309 e. The molecule has 1 N–H and O–H groups in total. The van der Waals surface area contributed by atoms with Crippen molar-refractivity contribution in [3.05, 3.63) is 24.3 Å². The lowest BCUT2D eigenvalue weighted by atomic mass is 9.97. The normalized spacial score (nSPS) is 15.4. The molecule has 0 aliphatic carbocycles. The highest BCUT2D eigenvalue weighted by Crippen LogP contribution is 2.24. The molecule has 1 aliphatic heterocycles. The van der Waals surface area contributed by atoms with Crippen LogP contribution < -0.4 is 4.74 Å². The Morgan fingerprint density at radius 1 is 1.27 bits per heavy atom. The van der Waals surface area contributed by atoms with Gasteiger partial charge < -0.3 is 19.5 Å². The van der Waals surface area contributed by atoms with Gasteiger partial charge in [0.15, 0.2) is 18.1 Å². The van der Waals surface area contributed by atoms with Crippen LogP contribution in [-0.4, -0.2) is 48.2 Å². The molecule has 0 spiro atoms. The van der Waals surface area contributed by atoms with E-state index in [1.54, 1.807) is 30.0 Å². The number of benzene rings is 1. The number of nitrogens with zero attached hydrogens (tertiary/aromatic N) is 1. The van der Waals surface area contributed by atoms with Crippen molar-refractivity contribution in [3.8, 4) is 11.5 Å². The van der Waals surface area contributed by atoms with Crippen LogP contribution in [-0.2, 0) is 14.3 Å². The van der Waals surface area contributed by atoms with Gasteiger partial charge in [-0.15, -0.1) is 0 Å². The lowest BCUT2D eigenvalue weighted by molar-refractivity contribution is -0.151. The van der Waals surface area contributed by atoms with Gasteiger partial charge >= 0.3 is 5.97 Å². The molecule has 0 radical (unpaired) electrons. The molecule has 1 fully saturated rings. The van der Waals surface area contributed by atoms with Crippen molar-refractivity contribution in [1.29, 1.82) is 0 Å². The first kappa shape index (κ1) is 16.1. The van der Waals surface area contributed by atoms with Crippen LogP contribution in [0.3, 0.4) is 0 Å². The van der Waals surface area contributed by atoms with E-state index in [1.807, 2.05) is 0 Å². The van der Waals surface area contributed by atoms with E-state index in [2.05, 4.69) is 0 Å². The van der Waals surface area contributed by atoms with Gasteiger partial charge in [-0.05, 0) is 31.9 Å². The van der Waals surface area contributed by atoms with Crippen LogP contribution in [0.15, 0.2) is 24.3 Å². The Labute approximate surface area is 129 Å². The summed E-state index contributed by atoms with van der Waals surface area (Å²) in [6.07, 6.45) is 1.22. The summed E-state index contributed by atoms with van der Waals surface area (Å²) in [5.74, 6) is -0.151. The molecule has 1 saturated heterocycles. The second kappa shape index (κ2) is 7.68. The number of piperidine rings is 1. The minimum Gasteiger partial charge on any atom is -0.504 e. The molecule has 0 aromatic heterocycles. The Kier molecular flexibility index (Phi) is 5.63. The summed E-state index contributed by atoms with van der Waals surface area (Å²) in [6, 6.07) is 6.52. The first-order valence-electron chi connectivity index (χ1n) is 7.47. The lowest BCUT2D eigenvalue weighted by Crippen LogP contribution is -2.42. The van der Waals surface area contributed by atoms with Crippen LogP contribution in [0.4, 0.5) is 0 Å². The number of amides is 1. The molecule has 1 heterocycles. The number of aromatic hydroxyl groups is 1. The fraction of sp³-hybridized carbons (Fsp3) is 0.500. The largest absolute Gasteiger partial charge is 0.504 e. The fourth-order valence-electron chi connectivity index (χ4n) is 2.43. The van der Waals surface area contributed by atoms with Crippen LogP contribution in [0.2, 0.25) is 0 Å². The summed E-state index contributed by atoms with van der Waals surface area (Å²) in [5.41, 5.74) is 0. The van der Waals surface area contributed by atoms with Gasteiger partial charge in [-0.1, -0.05) is 12.1 Å². The quantitative estimate of drug-likeness (QED) is 0.836. The van der Waals surface area contributed by atoms with Gasteiger partial charge in [0.25, 0.3) is 5.91 Å². The highest BCUT2D eigenvalue weighted by atomic mass is 16.5. The van der Waals surface area contributed by atoms with Gasteiger partial charge in [-0.25, -0.2) is 0 Å². The van der Waals surface area contributed by atoms with Crippen LogP contribution in [0, 0.1) is 5.92 Å². The Morgan fingerprint density at radius 2 is 1.95 bits per heavy atom. The second-order valence-corrected chi connectivity index (χ2v) is 5.16. The van der Waals surface area contributed by atoms with E-state index in [9.17, 15) is 14.7 Å². The van der Waals surface area contributed by atoms with Gasteiger partial charge in [-0.3, -0.25) is 9.59 Å². The van der Waals surface area contributed by atoms with Crippen molar-refractivity contribution in [3.63, 3.8) is 0 Å². The maximum atomic E-state index is 12.1. The first-order valence-corrected chi connectivity index (χ1v) is 7.47. The molecule has 0 saturated carbocycles. The van der Waals surface area contributed by atoms with Crippen molar-refractivity contribution >= 4 is 11.9 Å². The van der Waals surface area contributed by atoms with E-state index in [1.165, 1.54) is 6.07 Å². The van der Waals surface area contributed by atoms with Gasteiger partial charge in [0.1, 0.15) is 0 Å². The predicted molar refractivity (Wildman–Crippen MR) is 79.5 cm³/mol. The third kappa shape index (κ3) is 4.13. The molecule has 1 aromatic rings. The summed E-state index contributed by atoms with van der Waals surface area (Å²) in [6.45, 7) is 3.08. The number of para-hydroxylation sites is 2. The molecule has 120 valence electrons. The molecule has 1 amide bonds. The van der Waals surface area contributed by atoms with E-state index < -0.39 is 0 Å². The SMILES string of the molecule is CCOC(=O)C1CCN(C(=O)COc2ccccc2O)CC1. The monoisotopic (exact) mass is 307 g/mol. The minimum absolute atomic E-state index is 0.0105. The van der Waals surface area contributed by atoms with Crippen LogP contribution in [0.5, 0.6) is 11.5 Å². The van der Waals surface area contributed by atoms with Gasteiger partial charge in [0.05, 0.1) is 12.5 Å². The maximum absolute atomic E-state index is 12.1.